The Balaban J connectivity index is 1.97. The van der Waals surface area contributed by atoms with E-state index in [1.165, 1.54) is 17.0 Å². The molecule has 0 N–H and O–H groups in total. The van der Waals surface area contributed by atoms with Gasteiger partial charge in [-0.3, -0.25) is 9.78 Å². The smallest absolute Gasteiger partial charge is 0.256 e. The first-order valence-corrected chi connectivity index (χ1v) is 6.70. The third-order valence-corrected chi connectivity index (χ3v) is 3.50. The van der Waals surface area contributed by atoms with Gasteiger partial charge in [0.2, 0.25) is 0 Å². The number of aromatic nitrogens is 1. The second-order valence-corrected chi connectivity index (χ2v) is 4.93. The van der Waals surface area contributed by atoms with Crippen LogP contribution >= 0.6 is 0 Å². The van der Waals surface area contributed by atoms with Crippen LogP contribution in [0.3, 0.4) is 0 Å². The van der Waals surface area contributed by atoms with Crippen molar-refractivity contribution in [3.63, 3.8) is 0 Å². The molecule has 0 bridgehead atoms. The number of hydrogen-bond acceptors (Lipinski definition) is 3. The fourth-order valence-corrected chi connectivity index (χ4v) is 2.49. The zero-order valence-corrected chi connectivity index (χ0v) is 11.3. The van der Waals surface area contributed by atoms with Crippen molar-refractivity contribution in [1.82, 2.24) is 9.88 Å². The Kier molecular flexibility index (Phi) is 3.79. The number of hydrogen-bond donors (Lipinski definition) is 0. The lowest BCUT2D eigenvalue weighted by atomic mass is 10.1. The monoisotopic (exact) mass is 292 g/mol. The van der Waals surface area contributed by atoms with Gasteiger partial charge in [-0.05, 0) is 18.2 Å². The predicted molar refractivity (Wildman–Crippen MR) is 73.3 cm³/mol. The summed E-state index contributed by atoms with van der Waals surface area (Å²) in [6.07, 6.45) is 0.941. The minimum atomic E-state index is -0.647. The van der Waals surface area contributed by atoms with Crippen LogP contribution in [0.5, 0.6) is 0 Å². The second-order valence-electron chi connectivity index (χ2n) is 4.93. The molecule has 1 aromatic heterocycles. The lowest BCUT2D eigenvalue weighted by Crippen LogP contribution is -2.46. The number of halogens is 2. The van der Waals surface area contributed by atoms with Gasteiger partial charge in [-0.2, -0.15) is 0 Å². The number of rotatable bonds is 2. The number of ether oxygens (including phenoxy) is 1. The maximum absolute atomic E-state index is 13.7. The third-order valence-electron chi connectivity index (χ3n) is 3.50. The van der Waals surface area contributed by atoms with E-state index in [0.29, 0.717) is 17.4 Å². The van der Waals surface area contributed by atoms with Gasteiger partial charge < -0.3 is 9.64 Å². The highest BCUT2D eigenvalue weighted by Crippen LogP contribution is 2.21. The van der Waals surface area contributed by atoms with Crippen LogP contribution in [0.25, 0.3) is 10.9 Å². The molecule has 2 heterocycles. The van der Waals surface area contributed by atoms with Crippen molar-refractivity contribution >= 4 is 16.8 Å². The molecule has 1 aliphatic heterocycles. The summed E-state index contributed by atoms with van der Waals surface area (Å²) in [5.74, 6) is -0.839. The maximum Gasteiger partial charge on any atom is 0.256 e. The molecular weight excluding hydrogens is 278 g/mol. The van der Waals surface area contributed by atoms with E-state index in [-0.39, 0.29) is 24.6 Å². The molecule has 2 aromatic rings. The van der Waals surface area contributed by atoms with Crippen LogP contribution in [0.1, 0.15) is 10.4 Å². The standard InChI is InChI=1S/C15H14F2N2O2/c16-8-12-9-19(4-5-21-12)15(20)13-7-11(17)6-10-2-1-3-18-14(10)13/h1-3,6-7,12H,4-5,8-9H2. The van der Waals surface area contributed by atoms with E-state index < -0.39 is 18.6 Å². The molecule has 0 aliphatic carbocycles. The summed E-state index contributed by atoms with van der Waals surface area (Å²) < 4.78 is 31.6. The SMILES string of the molecule is O=C(c1cc(F)cc2cccnc12)N1CCOC(CF)C1. The summed E-state index contributed by atoms with van der Waals surface area (Å²) in [6, 6.07) is 5.90. The molecule has 0 radical (unpaired) electrons. The van der Waals surface area contributed by atoms with Crippen molar-refractivity contribution in [2.75, 3.05) is 26.4 Å². The third kappa shape index (κ3) is 2.71. The summed E-state index contributed by atoms with van der Waals surface area (Å²) in [4.78, 5) is 18.2. The quantitative estimate of drug-likeness (QED) is 0.852. The molecule has 1 aliphatic rings. The van der Waals surface area contributed by atoms with E-state index in [4.69, 9.17) is 4.74 Å². The average Bonchev–Trinajstić information content (AvgIpc) is 2.53. The molecule has 1 fully saturated rings. The molecule has 0 spiro atoms. The minimum absolute atomic E-state index is 0.167. The molecule has 1 atom stereocenters. The molecule has 1 amide bonds. The van der Waals surface area contributed by atoms with Crippen molar-refractivity contribution in [2.24, 2.45) is 0 Å². The van der Waals surface area contributed by atoms with Gasteiger partial charge in [0.25, 0.3) is 5.91 Å². The van der Waals surface area contributed by atoms with E-state index in [0.717, 1.165) is 0 Å². The van der Waals surface area contributed by atoms with Crippen LogP contribution in [-0.2, 0) is 4.74 Å². The van der Waals surface area contributed by atoms with Gasteiger partial charge in [0.1, 0.15) is 18.6 Å². The van der Waals surface area contributed by atoms with Crippen molar-refractivity contribution in [3.8, 4) is 0 Å². The summed E-state index contributed by atoms with van der Waals surface area (Å²) in [7, 11) is 0. The first kappa shape index (κ1) is 13.9. The number of fused-ring (bicyclic) bond motifs is 1. The molecule has 110 valence electrons. The summed E-state index contributed by atoms with van der Waals surface area (Å²) >= 11 is 0. The van der Waals surface area contributed by atoms with Crippen molar-refractivity contribution in [2.45, 2.75) is 6.10 Å². The number of carbonyl (C=O) groups is 1. The Bertz CT molecular complexity index is 678. The second kappa shape index (κ2) is 5.73. The van der Waals surface area contributed by atoms with Gasteiger partial charge in [-0.15, -0.1) is 0 Å². The highest BCUT2D eigenvalue weighted by molar-refractivity contribution is 6.05. The van der Waals surface area contributed by atoms with Crippen LogP contribution in [0, 0.1) is 5.82 Å². The van der Waals surface area contributed by atoms with E-state index in [1.54, 1.807) is 18.3 Å². The van der Waals surface area contributed by atoms with E-state index in [1.807, 2.05) is 0 Å². The number of benzene rings is 1. The molecule has 21 heavy (non-hydrogen) atoms. The number of carbonyl (C=O) groups excluding carboxylic acids is 1. The molecule has 1 aromatic carbocycles. The first-order chi connectivity index (χ1) is 10.2. The molecule has 6 heteroatoms. The van der Waals surface area contributed by atoms with E-state index in [9.17, 15) is 13.6 Å². The number of morpholine rings is 1. The number of nitrogens with zero attached hydrogens (tertiary/aromatic N) is 2. The number of alkyl halides is 1. The summed E-state index contributed by atoms with van der Waals surface area (Å²) in [5, 5.41) is 0.566. The van der Waals surface area contributed by atoms with Gasteiger partial charge in [0.15, 0.2) is 0 Å². The first-order valence-electron chi connectivity index (χ1n) is 6.70. The normalized spacial score (nSPS) is 19.0. The van der Waals surface area contributed by atoms with Crippen LogP contribution in [0.4, 0.5) is 8.78 Å². The lowest BCUT2D eigenvalue weighted by molar-refractivity contribution is -0.0309. The Morgan fingerprint density at radius 1 is 1.48 bits per heavy atom. The predicted octanol–water partition coefficient (Wildman–Crippen LogP) is 2.18. The maximum atomic E-state index is 13.7. The molecule has 1 saturated heterocycles. The van der Waals surface area contributed by atoms with Crippen LogP contribution in [-0.4, -0.2) is 48.3 Å². The van der Waals surface area contributed by atoms with Gasteiger partial charge in [0, 0.05) is 24.7 Å². The average molecular weight is 292 g/mol. The molecular formula is C15H14F2N2O2. The Morgan fingerprint density at radius 3 is 3.14 bits per heavy atom. The zero-order chi connectivity index (χ0) is 14.8. The molecule has 4 nitrogen and oxygen atoms in total. The van der Waals surface area contributed by atoms with Crippen molar-refractivity contribution in [1.29, 1.82) is 0 Å². The van der Waals surface area contributed by atoms with Gasteiger partial charge in [0.05, 0.1) is 17.7 Å². The molecule has 1 unspecified atom stereocenters. The molecule has 3 rings (SSSR count). The van der Waals surface area contributed by atoms with Crippen LogP contribution < -0.4 is 0 Å². The van der Waals surface area contributed by atoms with Gasteiger partial charge in [-0.1, -0.05) is 6.07 Å². The summed E-state index contributed by atoms with van der Waals surface area (Å²) in [6.45, 7) is 0.160. The fourth-order valence-electron chi connectivity index (χ4n) is 2.49. The lowest BCUT2D eigenvalue weighted by Gasteiger charge is -2.31. The van der Waals surface area contributed by atoms with E-state index in [2.05, 4.69) is 4.98 Å². The van der Waals surface area contributed by atoms with Crippen LogP contribution in [0.2, 0.25) is 0 Å². The number of amides is 1. The van der Waals surface area contributed by atoms with E-state index >= 15 is 0 Å². The highest BCUT2D eigenvalue weighted by atomic mass is 19.1. The van der Waals surface area contributed by atoms with Gasteiger partial charge >= 0.3 is 0 Å². The Hall–Kier alpha value is -2.08. The Labute approximate surface area is 120 Å². The van der Waals surface area contributed by atoms with Crippen molar-refractivity contribution in [3.05, 3.63) is 41.8 Å². The minimum Gasteiger partial charge on any atom is -0.372 e. The Morgan fingerprint density at radius 2 is 2.33 bits per heavy atom. The van der Waals surface area contributed by atoms with Crippen LogP contribution in [0.15, 0.2) is 30.5 Å². The zero-order valence-electron chi connectivity index (χ0n) is 11.3. The summed E-state index contributed by atoms with van der Waals surface area (Å²) in [5.41, 5.74) is 0.650. The fraction of sp³-hybridized carbons (Fsp3) is 0.333. The largest absolute Gasteiger partial charge is 0.372 e. The molecule has 0 saturated carbocycles. The highest BCUT2D eigenvalue weighted by Gasteiger charge is 2.26. The van der Waals surface area contributed by atoms with Gasteiger partial charge in [-0.25, -0.2) is 8.78 Å². The van der Waals surface area contributed by atoms with Crippen molar-refractivity contribution < 1.29 is 18.3 Å². The number of pyridine rings is 1. The topological polar surface area (TPSA) is 42.4 Å².